The number of carbonyl (C=O) groups is 2. The van der Waals surface area contributed by atoms with E-state index in [4.69, 9.17) is 4.74 Å². The van der Waals surface area contributed by atoms with E-state index in [2.05, 4.69) is 5.32 Å². The second kappa shape index (κ2) is 8.60. The standard InChI is InChI=1S/C16H21N3O3S.ClH/c1-22-13-4-2-12(3-5-13)15(20)18-6-8-19(9-7-18)16(21)14-10-23-11-17-14;/h2-5,14,17H,6-11H2,1H3;1H. The number of ether oxygens (including phenoxy) is 1. The summed E-state index contributed by atoms with van der Waals surface area (Å²) in [7, 11) is 1.60. The Morgan fingerprint density at radius 2 is 1.75 bits per heavy atom. The number of methoxy groups -OCH3 is 1. The van der Waals surface area contributed by atoms with Crippen LogP contribution >= 0.6 is 24.2 Å². The van der Waals surface area contributed by atoms with Crippen molar-refractivity contribution in [1.29, 1.82) is 0 Å². The molecule has 3 rings (SSSR count). The van der Waals surface area contributed by atoms with Gasteiger partial charge in [-0.1, -0.05) is 0 Å². The monoisotopic (exact) mass is 371 g/mol. The molecule has 0 saturated carbocycles. The molecule has 1 aromatic carbocycles. The fourth-order valence-corrected chi connectivity index (χ4v) is 3.75. The number of halogens is 1. The predicted octanol–water partition coefficient (Wildman–Crippen LogP) is 1.06. The minimum atomic E-state index is -0.0659. The van der Waals surface area contributed by atoms with Crippen LogP contribution in [0.1, 0.15) is 10.4 Å². The summed E-state index contributed by atoms with van der Waals surface area (Å²) in [5.41, 5.74) is 0.652. The Bertz CT molecular complexity index is 570. The Morgan fingerprint density at radius 1 is 1.12 bits per heavy atom. The van der Waals surface area contributed by atoms with E-state index >= 15 is 0 Å². The van der Waals surface area contributed by atoms with Crippen LogP contribution in [-0.4, -0.2) is 72.6 Å². The van der Waals surface area contributed by atoms with Crippen molar-refractivity contribution in [3.8, 4) is 5.75 Å². The maximum Gasteiger partial charge on any atom is 0.253 e. The highest BCUT2D eigenvalue weighted by Crippen LogP contribution is 2.16. The Kier molecular flexibility index (Phi) is 6.77. The molecule has 2 aliphatic rings. The molecule has 1 atom stereocenters. The van der Waals surface area contributed by atoms with Gasteiger partial charge in [0, 0.05) is 43.4 Å². The van der Waals surface area contributed by atoms with Gasteiger partial charge in [0.05, 0.1) is 13.2 Å². The molecule has 1 N–H and O–H groups in total. The lowest BCUT2D eigenvalue weighted by Gasteiger charge is -2.36. The van der Waals surface area contributed by atoms with E-state index in [1.165, 1.54) is 0 Å². The summed E-state index contributed by atoms with van der Waals surface area (Å²) in [4.78, 5) is 28.5. The summed E-state index contributed by atoms with van der Waals surface area (Å²) in [5.74, 6) is 2.58. The van der Waals surface area contributed by atoms with Gasteiger partial charge in [-0.15, -0.1) is 24.2 Å². The molecule has 132 valence electrons. The molecule has 0 bridgehead atoms. The van der Waals surface area contributed by atoms with Gasteiger partial charge >= 0.3 is 0 Å². The number of nitrogens with one attached hydrogen (secondary N) is 1. The number of piperazine rings is 1. The topological polar surface area (TPSA) is 61.9 Å². The average Bonchev–Trinajstić information content (AvgIpc) is 3.15. The first kappa shape index (κ1) is 18.9. The zero-order chi connectivity index (χ0) is 16.2. The minimum Gasteiger partial charge on any atom is -0.497 e. The number of rotatable bonds is 3. The fraction of sp³-hybridized carbons (Fsp3) is 0.500. The van der Waals surface area contributed by atoms with E-state index in [9.17, 15) is 9.59 Å². The van der Waals surface area contributed by atoms with Gasteiger partial charge in [-0.3, -0.25) is 14.9 Å². The Balaban J connectivity index is 0.00000208. The molecule has 24 heavy (non-hydrogen) atoms. The molecule has 0 aromatic heterocycles. The van der Waals surface area contributed by atoms with Crippen molar-refractivity contribution in [3.05, 3.63) is 29.8 Å². The van der Waals surface area contributed by atoms with E-state index in [1.54, 1.807) is 43.1 Å². The van der Waals surface area contributed by atoms with Gasteiger partial charge < -0.3 is 14.5 Å². The van der Waals surface area contributed by atoms with Crippen molar-refractivity contribution in [1.82, 2.24) is 15.1 Å². The van der Waals surface area contributed by atoms with Crippen LogP contribution in [0.25, 0.3) is 0 Å². The second-order valence-corrected chi connectivity index (χ2v) is 6.65. The highest BCUT2D eigenvalue weighted by atomic mass is 35.5. The number of thioether (sulfide) groups is 1. The van der Waals surface area contributed by atoms with Crippen LogP contribution in [0.5, 0.6) is 5.75 Å². The number of benzene rings is 1. The molecule has 2 amide bonds. The fourth-order valence-electron chi connectivity index (χ4n) is 2.82. The van der Waals surface area contributed by atoms with Crippen molar-refractivity contribution in [2.75, 3.05) is 44.9 Å². The zero-order valence-electron chi connectivity index (χ0n) is 13.6. The van der Waals surface area contributed by atoms with Crippen molar-refractivity contribution in [2.45, 2.75) is 6.04 Å². The Labute approximate surface area is 152 Å². The first-order chi connectivity index (χ1) is 11.2. The van der Waals surface area contributed by atoms with E-state index < -0.39 is 0 Å². The molecule has 1 aromatic rings. The highest BCUT2D eigenvalue weighted by Gasteiger charge is 2.30. The summed E-state index contributed by atoms with van der Waals surface area (Å²) in [6.45, 7) is 2.36. The zero-order valence-corrected chi connectivity index (χ0v) is 15.2. The molecule has 0 aliphatic carbocycles. The number of nitrogens with zero attached hydrogens (tertiary/aromatic N) is 2. The molecule has 8 heteroatoms. The number of hydrogen-bond donors (Lipinski definition) is 1. The lowest BCUT2D eigenvalue weighted by molar-refractivity contribution is -0.134. The van der Waals surface area contributed by atoms with E-state index in [1.807, 2.05) is 9.80 Å². The Hall–Kier alpha value is -1.44. The smallest absolute Gasteiger partial charge is 0.253 e. The summed E-state index contributed by atoms with van der Waals surface area (Å²) < 4.78 is 5.11. The third-order valence-electron chi connectivity index (χ3n) is 4.23. The summed E-state index contributed by atoms with van der Waals surface area (Å²) in [6.07, 6.45) is 0. The third kappa shape index (κ3) is 4.15. The quantitative estimate of drug-likeness (QED) is 0.861. The van der Waals surface area contributed by atoms with Crippen molar-refractivity contribution in [2.24, 2.45) is 0 Å². The van der Waals surface area contributed by atoms with Crippen LogP contribution in [0.3, 0.4) is 0 Å². The van der Waals surface area contributed by atoms with Crippen molar-refractivity contribution < 1.29 is 14.3 Å². The molecule has 0 spiro atoms. The largest absolute Gasteiger partial charge is 0.497 e. The average molecular weight is 372 g/mol. The first-order valence-corrected chi connectivity index (χ1v) is 8.88. The van der Waals surface area contributed by atoms with Crippen LogP contribution in [0, 0.1) is 0 Å². The maximum atomic E-state index is 12.5. The highest BCUT2D eigenvalue weighted by molar-refractivity contribution is 7.99. The molecular formula is C16H22ClN3O3S. The SMILES string of the molecule is COc1ccc(C(=O)N2CCN(C(=O)C3CSCN3)CC2)cc1.Cl. The molecule has 0 radical (unpaired) electrons. The molecular weight excluding hydrogens is 350 g/mol. The van der Waals surface area contributed by atoms with Crippen molar-refractivity contribution >= 4 is 36.0 Å². The molecule has 2 aliphatic heterocycles. The van der Waals surface area contributed by atoms with Gasteiger partial charge in [-0.05, 0) is 24.3 Å². The number of hydrogen-bond acceptors (Lipinski definition) is 5. The number of amides is 2. The van der Waals surface area contributed by atoms with Gasteiger partial charge in [0.1, 0.15) is 5.75 Å². The molecule has 2 heterocycles. The lowest BCUT2D eigenvalue weighted by Crippen LogP contribution is -2.54. The summed E-state index contributed by atoms with van der Waals surface area (Å²) >= 11 is 1.75. The van der Waals surface area contributed by atoms with Gasteiger partial charge in [0.2, 0.25) is 5.91 Å². The Morgan fingerprint density at radius 3 is 2.29 bits per heavy atom. The second-order valence-electron chi connectivity index (χ2n) is 5.62. The van der Waals surface area contributed by atoms with Crippen LogP contribution < -0.4 is 10.1 Å². The van der Waals surface area contributed by atoms with Crippen molar-refractivity contribution in [3.63, 3.8) is 0 Å². The molecule has 2 saturated heterocycles. The van der Waals surface area contributed by atoms with Gasteiger partial charge in [-0.25, -0.2) is 0 Å². The van der Waals surface area contributed by atoms with Crippen LogP contribution in [0.15, 0.2) is 24.3 Å². The molecule has 2 fully saturated rings. The van der Waals surface area contributed by atoms with Crippen LogP contribution in [-0.2, 0) is 4.79 Å². The van der Waals surface area contributed by atoms with E-state index in [0.29, 0.717) is 31.7 Å². The van der Waals surface area contributed by atoms with Gasteiger partial charge in [-0.2, -0.15) is 0 Å². The first-order valence-electron chi connectivity index (χ1n) is 7.72. The van der Waals surface area contributed by atoms with E-state index in [-0.39, 0.29) is 30.3 Å². The minimum absolute atomic E-state index is 0. The third-order valence-corrected chi connectivity index (χ3v) is 5.17. The van der Waals surface area contributed by atoms with E-state index in [0.717, 1.165) is 17.4 Å². The normalized spacial score (nSPS) is 20.5. The maximum absolute atomic E-state index is 12.5. The van der Waals surface area contributed by atoms with Gasteiger partial charge in [0.15, 0.2) is 0 Å². The summed E-state index contributed by atoms with van der Waals surface area (Å²) in [5, 5.41) is 3.20. The summed E-state index contributed by atoms with van der Waals surface area (Å²) in [6, 6.07) is 7.06. The predicted molar refractivity (Wildman–Crippen MR) is 97.0 cm³/mol. The van der Waals surface area contributed by atoms with Gasteiger partial charge in [0.25, 0.3) is 5.91 Å². The molecule has 6 nitrogen and oxygen atoms in total. The lowest BCUT2D eigenvalue weighted by atomic mass is 10.1. The molecule has 1 unspecified atom stereocenters. The van der Waals surface area contributed by atoms with Crippen LogP contribution in [0.2, 0.25) is 0 Å². The van der Waals surface area contributed by atoms with Crippen LogP contribution in [0.4, 0.5) is 0 Å². The number of carbonyl (C=O) groups excluding carboxylic acids is 2.